The van der Waals surface area contributed by atoms with Crippen molar-refractivity contribution in [2.75, 3.05) is 20.8 Å². The average Bonchev–Trinajstić information content (AvgIpc) is 3.23. The molecule has 29 heavy (non-hydrogen) atoms. The first kappa shape index (κ1) is 21.1. The van der Waals surface area contributed by atoms with Crippen molar-refractivity contribution in [3.8, 4) is 11.5 Å². The van der Waals surface area contributed by atoms with Crippen LogP contribution in [0.4, 0.5) is 0 Å². The van der Waals surface area contributed by atoms with Crippen LogP contribution in [-0.4, -0.2) is 45.4 Å². The molecule has 1 atom stereocenters. The topological polar surface area (TPSA) is 84.9 Å². The van der Waals surface area contributed by atoms with Crippen LogP contribution in [-0.2, 0) is 21.4 Å². The monoisotopic (exact) mass is 418 g/mol. The van der Waals surface area contributed by atoms with Crippen LogP contribution < -0.4 is 14.8 Å². The summed E-state index contributed by atoms with van der Waals surface area (Å²) in [6.45, 7) is 2.51. The summed E-state index contributed by atoms with van der Waals surface area (Å²) in [4.78, 5) is 13.0. The number of benzene rings is 2. The van der Waals surface area contributed by atoms with Gasteiger partial charge in [0, 0.05) is 13.1 Å². The van der Waals surface area contributed by atoms with Gasteiger partial charge in [-0.25, -0.2) is 8.42 Å². The van der Waals surface area contributed by atoms with Crippen molar-refractivity contribution in [3.63, 3.8) is 0 Å². The molecule has 0 spiro atoms. The summed E-state index contributed by atoms with van der Waals surface area (Å²) >= 11 is 0. The summed E-state index contributed by atoms with van der Waals surface area (Å²) in [5.74, 6) is 0.880. The van der Waals surface area contributed by atoms with E-state index in [-0.39, 0.29) is 17.3 Å². The van der Waals surface area contributed by atoms with Gasteiger partial charge in [0.05, 0.1) is 19.1 Å². The molecule has 1 aliphatic rings. The summed E-state index contributed by atoms with van der Waals surface area (Å²) in [6, 6.07) is 11.4. The van der Waals surface area contributed by atoms with Crippen LogP contribution in [0.3, 0.4) is 0 Å². The van der Waals surface area contributed by atoms with Crippen molar-refractivity contribution in [1.82, 2.24) is 9.62 Å². The number of hydrogen-bond donors (Lipinski definition) is 1. The largest absolute Gasteiger partial charge is 0.493 e. The highest BCUT2D eigenvalue weighted by molar-refractivity contribution is 7.89. The van der Waals surface area contributed by atoms with Crippen molar-refractivity contribution in [2.24, 2.45) is 0 Å². The average molecular weight is 419 g/mol. The Morgan fingerprint density at radius 1 is 1.10 bits per heavy atom. The van der Waals surface area contributed by atoms with Gasteiger partial charge in [0.25, 0.3) is 0 Å². The maximum Gasteiger partial charge on any atom is 0.243 e. The molecule has 1 unspecified atom stereocenters. The Labute approximate surface area is 171 Å². The molecule has 0 saturated carbocycles. The van der Waals surface area contributed by atoms with E-state index >= 15 is 0 Å². The van der Waals surface area contributed by atoms with Gasteiger partial charge in [-0.05, 0) is 49.6 Å². The van der Waals surface area contributed by atoms with E-state index in [1.54, 1.807) is 50.6 Å². The van der Waals surface area contributed by atoms with E-state index < -0.39 is 16.1 Å². The number of ether oxygens (including phenoxy) is 2. The summed E-state index contributed by atoms with van der Waals surface area (Å²) in [5.41, 5.74) is 1.82. The summed E-state index contributed by atoms with van der Waals surface area (Å²) in [6.07, 6.45) is 1.16. The maximum absolute atomic E-state index is 13.0. The van der Waals surface area contributed by atoms with Crippen LogP contribution in [0.1, 0.15) is 24.0 Å². The minimum Gasteiger partial charge on any atom is -0.493 e. The molecule has 3 rings (SSSR count). The molecule has 1 fully saturated rings. The van der Waals surface area contributed by atoms with E-state index in [1.165, 1.54) is 4.31 Å². The molecule has 156 valence electrons. The molecule has 0 radical (unpaired) electrons. The smallest absolute Gasteiger partial charge is 0.243 e. The third kappa shape index (κ3) is 4.54. The third-order valence-corrected chi connectivity index (χ3v) is 6.97. The molecule has 7 nitrogen and oxygen atoms in total. The van der Waals surface area contributed by atoms with E-state index in [2.05, 4.69) is 5.32 Å². The number of methoxy groups -OCH3 is 2. The fourth-order valence-electron chi connectivity index (χ4n) is 3.43. The molecule has 1 amide bonds. The Morgan fingerprint density at radius 3 is 2.45 bits per heavy atom. The van der Waals surface area contributed by atoms with Crippen LogP contribution >= 0.6 is 0 Å². The number of carbonyl (C=O) groups excluding carboxylic acids is 1. The number of carbonyl (C=O) groups is 1. The van der Waals surface area contributed by atoms with Crippen molar-refractivity contribution < 1.29 is 22.7 Å². The predicted molar refractivity (Wildman–Crippen MR) is 109 cm³/mol. The first-order valence-corrected chi connectivity index (χ1v) is 10.9. The van der Waals surface area contributed by atoms with Crippen LogP contribution in [0.5, 0.6) is 11.5 Å². The molecule has 2 aromatic rings. The van der Waals surface area contributed by atoms with Gasteiger partial charge in [0.1, 0.15) is 6.04 Å². The highest BCUT2D eigenvalue weighted by Gasteiger charge is 2.39. The second-order valence-electron chi connectivity index (χ2n) is 6.99. The Kier molecular flexibility index (Phi) is 6.44. The molecule has 1 saturated heterocycles. The van der Waals surface area contributed by atoms with Gasteiger partial charge in [-0.3, -0.25) is 4.79 Å². The summed E-state index contributed by atoms with van der Waals surface area (Å²) in [7, 11) is -0.610. The number of amides is 1. The molecule has 1 N–H and O–H groups in total. The van der Waals surface area contributed by atoms with E-state index in [9.17, 15) is 13.2 Å². The lowest BCUT2D eigenvalue weighted by Crippen LogP contribution is -2.45. The van der Waals surface area contributed by atoms with Gasteiger partial charge in [0.15, 0.2) is 11.5 Å². The van der Waals surface area contributed by atoms with Gasteiger partial charge >= 0.3 is 0 Å². The normalized spacial score (nSPS) is 17.1. The lowest BCUT2D eigenvalue weighted by atomic mass is 10.1. The van der Waals surface area contributed by atoms with Crippen LogP contribution in [0.15, 0.2) is 47.4 Å². The van der Waals surface area contributed by atoms with E-state index in [4.69, 9.17) is 9.47 Å². The predicted octanol–water partition coefficient (Wildman–Crippen LogP) is 2.48. The second-order valence-corrected chi connectivity index (χ2v) is 8.88. The van der Waals surface area contributed by atoms with E-state index in [0.717, 1.165) is 11.1 Å². The highest BCUT2D eigenvalue weighted by Crippen LogP contribution is 2.28. The minimum atomic E-state index is -3.72. The zero-order valence-electron chi connectivity index (χ0n) is 16.8. The number of hydrogen-bond acceptors (Lipinski definition) is 5. The zero-order chi connectivity index (χ0) is 21.0. The lowest BCUT2D eigenvalue weighted by Gasteiger charge is -2.23. The second kappa shape index (κ2) is 8.84. The third-order valence-electron chi connectivity index (χ3n) is 5.05. The van der Waals surface area contributed by atoms with Crippen molar-refractivity contribution in [3.05, 3.63) is 53.6 Å². The molecule has 0 aromatic heterocycles. The van der Waals surface area contributed by atoms with Gasteiger partial charge in [0.2, 0.25) is 15.9 Å². The number of rotatable bonds is 7. The van der Waals surface area contributed by atoms with Crippen LogP contribution in [0.2, 0.25) is 0 Å². The van der Waals surface area contributed by atoms with Crippen molar-refractivity contribution >= 4 is 15.9 Å². The molecule has 1 aliphatic heterocycles. The number of nitrogens with zero attached hydrogens (tertiary/aromatic N) is 1. The Bertz CT molecular complexity index is 973. The number of aryl methyl sites for hydroxylation is 1. The van der Waals surface area contributed by atoms with Gasteiger partial charge in [-0.1, -0.05) is 23.8 Å². The van der Waals surface area contributed by atoms with Gasteiger partial charge in [-0.15, -0.1) is 0 Å². The number of nitrogens with one attached hydrogen (secondary N) is 1. The minimum absolute atomic E-state index is 0.211. The summed E-state index contributed by atoms with van der Waals surface area (Å²) < 4.78 is 37.8. The Morgan fingerprint density at radius 2 is 1.79 bits per heavy atom. The molecule has 8 heteroatoms. The Balaban J connectivity index is 1.71. The van der Waals surface area contributed by atoms with Crippen molar-refractivity contribution in [2.45, 2.75) is 37.2 Å². The lowest BCUT2D eigenvalue weighted by molar-refractivity contribution is -0.124. The standard InChI is InChI=1S/C21H26N2O5S/c1-15-6-9-17(10-7-15)29(25,26)23-12-4-5-18(23)21(24)22-14-16-8-11-19(27-2)20(13-16)28-3/h6-11,13,18H,4-5,12,14H2,1-3H3,(H,22,24). The zero-order valence-corrected chi connectivity index (χ0v) is 17.7. The fourth-order valence-corrected chi connectivity index (χ4v) is 5.09. The molecule has 1 heterocycles. The quantitative estimate of drug-likeness (QED) is 0.747. The van der Waals surface area contributed by atoms with Gasteiger partial charge in [-0.2, -0.15) is 4.31 Å². The van der Waals surface area contributed by atoms with Crippen LogP contribution in [0, 0.1) is 6.92 Å². The molecule has 2 aromatic carbocycles. The van der Waals surface area contributed by atoms with Crippen molar-refractivity contribution in [1.29, 1.82) is 0 Å². The molecule has 0 aliphatic carbocycles. The number of sulfonamides is 1. The van der Waals surface area contributed by atoms with E-state index in [1.807, 2.05) is 13.0 Å². The molecular formula is C21H26N2O5S. The van der Waals surface area contributed by atoms with Gasteiger partial charge < -0.3 is 14.8 Å². The highest BCUT2D eigenvalue weighted by atomic mass is 32.2. The summed E-state index contributed by atoms with van der Waals surface area (Å²) in [5, 5.41) is 2.85. The molecule has 0 bridgehead atoms. The van der Waals surface area contributed by atoms with Crippen LogP contribution in [0.25, 0.3) is 0 Å². The first-order chi connectivity index (χ1) is 13.9. The Hall–Kier alpha value is -2.58. The maximum atomic E-state index is 13.0. The fraction of sp³-hybridized carbons (Fsp3) is 0.381. The van der Waals surface area contributed by atoms with E-state index in [0.29, 0.717) is 30.9 Å². The molecular weight excluding hydrogens is 392 g/mol. The SMILES string of the molecule is COc1ccc(CNC(=O)C2CCCN2S(=O)(=O)c2ccc(C)cc2)cc1OC. The first-order valence-electron chi connectivity index (χ1n) is 9.44.